The van der Waals surface area contributed by atoms with Gasteiger partial charge in [0.25, 0.3) is 0 Å². The fourth-order valence-corrected chi connectivity index (χ4v) is 1.22. The maximum atomic E-state index is 12.8. The molecule has 4 heteroatoms. The Kier molecular flexibility index (Phi) is 3.75. The molecule has 0 fully saturated rings. The van der Waals surface area contributed by atoms with Gasteiger partial charge in [-0.25, -0.2) is 4.39 Å². The van der Waals surface area contributed by atoms with Crippen molar-refractivity contribution < 1.29 is 4.39 Å². The van der Waals surface area contributed by atoms with Crippen LogP contribution in [0.4, 0.5) is 10.1 Å². The lowest BCUT2D eigenvalue weighted by Gasteiger charge is -2.05. The largest absolute Gasteiger partial charge is 0.380 e. The van der Waals surface area contributed by atoms with E-state index in [2.05, 4.69) is 27.8 Å². The molecular formula is C9H8BrClFN. The zero-order chi connectivity index (χ0) is 9.84. The number of nitrogens with one attached hydrogen (secondary N) is 1. The summed E-state index contributed by atoms with van der Waals surface area (Å²) in [7, 11) is 0. The number of anilines is 1. The SMILES string of the molecule is C=C(Br)CNc1cc(F)cc(Cl)c1. The number of benzene rings is 1. The lowest BCUT2D eigenvalue weighted by molar-refractivity contribution is 0.628. The fourth-order valence-electron chi connectivity index (χ4n) is 0.854. The van der Waals surface area contributed by atoms with Gasteiger partial charge in [-0.05, 0) is 18.2 Å². The Labute approximate surface area is 89.7 Å². The van der Waals surface area contributed by atoms with E-state index in [1.165, 1.54) is 12.1 Å². The molecule has 0 bridgehead atoms. The van der Waals surface area contributed by atoms with E-state index in [0.29, 0.717) is 17.3 Å². The van der Waals surface area contributed by atoms with Crippen molar-refractivity contribution in [2.24, 2.45) is 0 Å². The van der Waals surface area contributed by atoms with Gasteiger partial charge >= 0.3 is 0 Å². The van der Waals surface area contributed by atoms with Crippen LogP contribution < -0.4 is 5.32 Å². The molecule has 0 atom stereocenters. The second kappa shape index (κ2) is 4.63. The summed E-state index contributed by atoms with van der Waals surface area (Å²) in [6, 6.07) is 4.29. The average Bonchev–Trinajstić information content (AvgIpc) is 1.99. The molecule has 0 aliphatic heterocycles. The molecule has 1 aromatic carbocycles. The summed E-state index contributed by atoms with van der Waals surface area (Å²) in [5, 5.41) is 3.33. The van der Waals surface area contributed by atoms with Crippen LogP contribution in [0.15, 0.2) is 29.3 Å². The van der Waals surface area contributed by atoms with E-state index in [9.17, 15) is 4.39 Å². The minimum absolute atomic E-state index is 0.352. The highest BCUT2D eigenvalue weighted by molar-refractivity contribution is 9.11. The molecule has 0 saturated heterocycles. The lowest BCUT2D eigenvalue weighted by atomic mass is 10.3. The van der Waals surface area contributed by atoms with E-state index < -0.39 is 0 Å². The monoisotopic (exact) mass is 263 g/mol. The highest BCUT2D eigenvalue weighted by Crippen LogP contribution is 2.18. The van der Waals surface area contributed by atoms with E-state index in [0.717, 1.165) is 4.48 Å². The molecule has 0 unspecified atom stereocenters. The van der Waals surface area contributed by atoms with E-state index in [1.807, 2.05) is 0 Å². The number of hydrogen-bond donors (Lipinski definition) is 1. The molecule has 0 heterocycles. The fraction of sp³-hybridized carbons (Fsp3) is 0.111. The first-order valence-corrected chi connectivity index (χ1v) is 4.78. The minimum atomic E-state index is -0.352. The predicted octanol–water partition coefficient (Wildman–Crippen LogP) is 3.80. The Balaban J connectivity index is 2.71. The van der Waals surface area contributed by atoms with E-state index in [4.69, 9.17) is 11.6 Å². The second-order valence-corrected chi connectivity index (χ2v) is 4.09. The van der Waals surface area contributed by atoms with Gasteiger partial charge in [-0.1, -0.05) is 34.1 Å². The van der Waals surface area contributed by atoms with Crippen LogP contribution in [0.3, 0.4) is 0 Å². The highest BCUT2D eigenvalue weighted by atomic mass is 79.9. The summed E-state index contributed by atoms with van der Waals surface area (Å²) in [5.41, 5.74) is 0.644. The maximum Gasteiger partial charge on any atom is 0.126 e. The van der Waals surface area contributed by atoms with Crippen molar-refractivity contribution >= 4 is 33.2 Å². The van der Waals surface area contributed by atoms with E-state index >= 15 is 0 Å². The van der Waals surface area contributed by atoms with E-state index in [1.54, 1.807) is 6.07 Å². The zero-order valence-corrected chi connectivity index (χ0v) is 9.12. The maximum absolute atomic E-state index is 12.8. The van der Waals surface area contributed by atoms with Crippen LogP contribution in [0, 0.1) is 5.82 Å². The third kappa shape index (κ3) is 3.79. The zero-order valence-electron chi connectivity index (χ0n) is 6.78. The normalized spacial score (nSPS) is 9.77. The molecule has 0 amide bonds. The van der Waals surface area contributed by atoms with Gasteiger partial charge in [0.1, 0.15) is 5.82 Å². The van der Waals surface area contributed by atoms with Gasteiger partial charge in [0, 0.05) is 21.7 Å². The lowest BCUT2D eigenvalue weighted by Crippen LogP contribution is -2.00. The molecule has 0 saturated carbocycles. The Morgan fingerprint density at radius 2 is 2.23 bits per heavy atom. The Hall–Kier alpha value is -0.540. The first-order chi connectivity index (χ1) is 6.08. The number of hydrogen-bond acceptors (Lipinski definition) is 1. The Morgan fingerprint density at radius 3 is 2.77 bits per heavy atom. The molecule has 0 aliphatic rings. The molecule has 0 spiro atoms. The molecule has 70 valence electrons. The van der Waals surface area contributed by atoms with Crippen LogP contribution in [-0.4, -0.2) is 6.54 Å². The van der Waals surface area contributed by atoms with Crippen LogP contribution in [0.5, 0.6) is 0 Å². The van der Waals surface area contributed by atoms with Crippen molar-refractivity contribution in [2.75, 3.05) is 11.9 Å². The first-order valence-electron chi connectivity index (χ1n) is 3.61. The van der Waals surface area contributed by atoms with Crippen molar-refractivity contribution in [2.45, 2.75) is 0 Å². The summed E-state index contributed by atoms with van der Waals surface area (Å²) in [6.45, 7) is 4.18. The van der Waals surface area contributed by atoms with Crippen LogP contribution in [0.25, 0.3) is 0 Å². The molecule has 0 aromatic heterocycles. The molecule has 1 rings (SSSR count). The van der Waals surface area contributed by atoms with Crippen LogP contribution in [-0.2, 0) is 0 Å². The quantitative estimate of drug-likeness (QED) is 0.875. The van der Waals surface area contributed by atoms with Gasteiger partial charge in [-0.2, -0.15) is 0 Å². The molecule has 1 nitrogen and oxygen atoms in total. The minimum Gasteiger partial charge on any atom is -0.380 e. The number of halogens is 3. The van der Waals surface area contributed by atoms with Crippen molar-refractivity contribution in [3.63, 3.8) is 0 Å². The Bertz CT molecular complexity index is 307. The molecule has 13 heavy (non-hydrogen) atoms. The molecule has 0 radical (unpaired) electrons. The van der Waals surface area contributed by atoms with Gasteiger partial charge in [-0.3, -0.25) is 0 Å². The van der Waals surface area contributed by atoms with Crippen molar-refractivity contribution in [1.82, 2.24) is 0 Å². The van der Waals surface area contributed by atoms with Gasteiger partial charge in [0.2, 0.25) is 0 Å². The smallest absolute Gasteiger partial charge is 0.126 e. The average molecular weight is 265 g/mol. The number of rotatable bonds is 3. The third-order valence-corrected chi connectivity index (χ3v) is 1.85. The summed E-state index contributed by atoms with van der Waals surface area (Å²) < 4.78 is 13.6. The van der Waals surface area contributed by atoms with Gasteiger partial charge in [0.05, 0.1) is 0 Å². The Morgan fingerprint density at radius 1 is 1.54 bits per heavy atom. The predicted molar refractivity (Wildman–Crippen MR) is 58.0 cm³/mol. The van der Waals surface area contributed by atoms with Crippen LogP contribution >= 0.6 is 27.5 Å². The van der Waals surface area contributed by atoms with Gasteiger partial charge in [-0.15, -0.1) is 0 Å². The third-order valence-electron chi connectivity index (χ3n) is 1.35. The van der Waals surface area contributed by atoms with Crippen molar-refractivity contribution in [3.05, 3.63) is 40.1 Å². The standard InChI is InChI=1S/C9H8BrClFN/c1-6(10)5-13-9-3-7(11)2-8(12)4-9/h2-4,13H,1,5H2. The summed E-state index contributed by atoms with van der Waals surface area (Å²) >= 11 is 8.84. The van der Waals surface area contributed by atoms with Crippen molar-refractivity contribution in [1.29, 1.82) is 0 Å². The van der Waals surface area contributed by atoms with Crippen LogP contribution in [0.2, 0.25) is 5.02 Å². The van der Waals surface area contributed by atoms with Gasteiger partial charge < -0.3 is 5.32 Å². The molecule has 0 aliphatic carbocycles. The molecule has 1 aromatic rings. The van der Waals surface area contributed by atoms with Gasteiger partial charge in [0.15, 0.2) is 0 Å². The second-order valence-electron chi connectivity index (χ2n) is 2.53. The highest BCUT2D eigenvalue weighted by Gasteiger charge is 1.98. The van der Waals surface area contributed by atoms with E-state index in [-0.39, 0.29) is 5.82 Å². The first kappa shape index (κ1) is 10.5. The summed E-state index contributed by atoms with van der Waals surface area (Å²) in [6.07, 6.45) is 0. The molecule has 1 N–H and O–H groups in total. The van der Waals surface area contributed by atoms with Crippen molar-refractivity contribution in [3.8, 4) is 0 Å². The van der Waals surface area contributed by atoms with Crippen LogP contribution in [0.1, 0.15) is 0 Å². The summed E-state index contributed by atoms with van der Waals surface area (Å²) in [5.74, 6) is -0.352. The summed E-state index contributed by atoms with van der Waals surface area (Å²) in [4.78, 5) is 0. The molecular weight excluding hydrogens is 256 g/mol. The topological polar surface area (TPSA) is 12.0 Å².